The number of carbonyl (C=O) groups excluding carboxylic acids is 4. The molecule has 2 amide bonds. The average molecular weight is 479 g/mol. The second kappa shape index (κ2) is 18.9. The van der Waals surface area contributed by atoms with Gasteiger partial charge >= 0.3 is 71.1 Å². The van der Waals surface area contributed by atoms with Gasteiger partial charge in [0.05, 0.1) is 12.8 Å². The largest absolute Gasteiger partial charge is 1.00 e. The van der Waals surface area contributed by atoms with Gasteiger partial charge in [0.1, 0.15) is 10.5 Å². The Labute approximate surface area is 214 Å². The van der Waals surface area contributed by atoms with E-state index in [0.29, 0.717) is 24.1 Å². The van der Waals surface area contributed by atoms with Gasteiger partial charge < -0.3 is 20.4 Å². The fraction of sp³-hybridized carbons (Fsp3) is 0.500. The van der Waals surface area contributed by atoms with Crippen LogP contribution < -0.4 is 69.6 Å². The van der Waals surface area contributed by atoms with Crippen LogP contribution in [0.1, 0.15) is 19.8 Å². The van der Waals surface area contributed by atoms with E-state index < -0.39 is 40.2 Å². The van der Waals surface area contributed by atoms with Crippen molar-refractivity contribution in [1.29, 1.82) is 0 Å². The number of hydroxylamine groups is 2. The van der Waals surface area contributed by atoms with E-state index >= 15 is 0 Å². The summed E-state index contributed by atoms with van der Waals surface area (Å²) in [4.78, 5) is 51.4. The summed E-state index contributed by atoms with van der Waals surface area (Å²) in [7, 11) is 0. The first kappa shape index (κ1) is 33.8. The Balaban J connectivity index is -0.000000374. The van der Waals surface area contributed by atoms with Crippen LogP contribution in [0.5, 0.6) is 0 Å². The third-order valence-corrected chi connectivity index (χ3v) is 3.74. The number of carboxylic acid groups (broad SMARTS) is 1. The van der Waals surface area contributed by atoms with E-state index in [1.165, 1.54) is 0 Å². The molecule has 0 aliphatic carbocycles. The zero-order valence-corrected chi connectivity index (χ0v) is 20.8. The van der Waals surface area contributed by atoms with Crippen LogP contribution in [0.15, 0.2) is 0 Å². The Morgan fingerprint density at radius 3 is 1.83 bits per heavy atom. The van der Waals surface area contributed by atoms with Gasteiger partial charge in [-0.2, -0.15) is 13.7 Å². The Bertz CT molecular complexity index is 563. The molecule has 0 saturated carbocycles. The number of aliphatic carboxylic acids is 1. The van der Waals surface area contributed by atoms with E-state index in [9.17, 15) is 29.7 Å². The second-order valence-electron chi connectivity index (χ2n) is 4.21. The molecule has 0 bridgehead atoms. The van der Waals surface area contributed by atoms with Crippen molar-refractivity contribution in [3.8, 4) is 0 Å². The summed E-state index contributed by atoms with van der Waals surface area (Å²) in [5, 5.41) is 39.0. The number of carboxylic acids is 1. The summed E-state index contributed by atoms with van der Waals surface area (Å²) in [6.45, 7) is 1.08. The third-order valence-electron chi connectivity index (χ3n) is 2.28. The van der Waals surface area contributed by atoms with E-state index in [4.69, 9.17) is 15.1 Å². The van der Waals surface area contributed by atoms with E-state index in [1.807, 2.05) is 0 Å². The van der Waals surface area contributed by atoms with Crippen LogP contribution in [-0.4, -0.2) is 55.6 Å². The van der Waals surface area contributed by atoms with Crippen LogP contribution in [0, 0.1) is 0 Å². The van der Waals surface area contributed by atoms with E-state index in [0.717, 1.165) is 6.92 Å². The number of rotatable bonds is 6. The SMILES string of the molecule is CC(=O)O.O=C1CC(SOO[O-])C(=O)N1O.O=C1CC(SOO[O-])C(=O)O1.[Na+].[Na+]. The molecule has 2 saturated heterocycles. The number of hydrogen-bond acceptors (Lipinski definition) is 15. The minimum absolute atomic E-state index is 0. The van der Waals surface area contributed by atoms with Crippen LogP contribution in [0.3, 0.4) is 0 Å². The first-order valence-electron chi connectivity index (χ1n) is 6.37. The molecule has 29 heavy (non-hydrogen) atoms. The molecular formula is C10H11NNa2O14S2. The van der Waals surface area contributed by atoms with Gasteiger partial charge in [0.25, 0.3) is 17.8 Å². The molecule has 15 nitrogen and oxygen atoms in total. The molecular weight excluding hydrogens is 468 g/mol. The number of carbonyl (C=O) groups is 5. The van der Waals surface area contributed by atoms with Gasteiger partial charge in [0.15, 0.2) is 0 Å². The molecule has 2 atom stereocenters. The molecule has 0 spiro atoms. The predicted octanol–water partition coefficient (Wildman–Crippen LogP) is -8.83. The van der Waals surface area contributed by atoms with Crippen LogP contribution in [-0.2, 0) is 47.5 Å². The maximum atomic E-state index is 10.8. The van der Waals surface area contributed by atoms with Crippen molar-refractivity contribution < 1.29 is 127 Å². The maximum absolute atomic E-state index is 10.8. The zero-order chi connectivity index (χ0) is 21.0. The number of amides is 2. The summed E-state index contributed by atoms with van der Waals surface area (Å²) in [6, 6.07) is 0. The number of nitrogens with zero attached hydrogens (tertiary/aromatic N) is 1. The average Bonchev–Trinajstić information content (AvgIpc) is 3.04. The first-order chi connectivity index (χ1) is 12.6. The monoisotopic (exact) mass is 479 g/mol. The van der Waals surface area contributed by atoms with Crippen LogP contribution in [0.4, 0.5) is 0 Å². The first-order valence-corrected chi connectivity index (χ1v) is 7.98. The summed E-state index contributed by atoms with van der Waals surface area (Å²) in [6.07, 6.45) is -0.295. The molecule has 154 valence electrons. The van der Waals surface area contributed by atoms with Crippen molar-refractivity contribution in [3.05, 3.63) is 0 Å². The minimum Gasteiger partial charge on any atom is -0.691 e. The van der Waals surface area contributed by atoms with Gasteiger partial charge in [-0.1, -0.05) is 0 Å². The van der Waals surface area contributed by atoms with Gasteiger partial charge in [0, 0.05) is 31.0 Å². The number of esters is 2. The quantitative estimate of drug-likeness (QED) is 0.0527. The van der Waals surface area contributed by atoms with Crippen molar-refractivity contribution in [2.24, 2.45) is 0 Å². The van der Waals surface area contributed by atoms with Crippen molar-refractivity contribution in [1.82, 2.24) is 5.06 Å². The van der Waals surface area contributed by atoms with Gasteiger partial charge in [-0.3, -0.25) is 39.3 Å². The predicted molar refractivity (Wildman–Crippen MR) is 74.4 cm³/mol. The number of cyclic esters (lactones) is 2. The number of ether oxygens (including phenoxy) is 1. The van der Waals surface area contributed by atoms with Crippen molar-refractivity contribution in [2.75, 3.05) is 0 Å². The Morgan fingerprint density at radius 1 is 1.07 bits per heavy atom. The molecule has 0 aromatic rings. The molecule has 2 N–H and O–H groups in total. The van der Waals surface area contributed by atoms with Gasteiger partial charge in [-0.25, -0.2) is 0 Å². The molecule has 2 heterocycles. The summed E-state index contributed by atoms with van der Waals surface area (Å²) in [5.41, 5.74) is 0. The van der Waals surface area contributed by atoms with E-state index in [1.54, 1.807) is 0 Å². The smallest absolute Gasteiger partial charge is 0.691 e. The maximum Gasteiger partial charge on any atom is 1.00 e. The number of imide groups is 1. The van der Waals surface area contributed by atoms with Crippen LogP contribution in [0.25, 0.3) is 0 Å². The van der Waals surface area contributed by atoms with Crippen LogP contribution >= 0.6 is 24.1 Å². The Kier molecular flexibility index (Phi) is 22.0. The molecule has 2 rings (SSSR count). The summed E-state index contributed by atoms with van der Waals surface area (Å²) in [5.74, 6) is -3.71. The Hall–Kier alpha value is 0.170. The van der Waals surface area contributed by atoms with E-state index in [-0.39, 0.29) is 77.0 Å². The molecule has 0 aromatic carbocycles. The molecule has 2 aliphatic rings. The standard InChI is InChI=1S/C4H5NO6S.C4H4O6S.C2H4O2.2Na/c6-3-1-2(12-11-10-9)4(7)5(3)8;5-3-1-2(4(6)8-3)11-10-9-7;1-2(3)4;;/h2,8-9H,1H2;2,7H,1H2;1H3,(H,3,4);;/q;;;2*+1/p-2. The minimum atomic E-state index is -0.906. The van der Waals surface area contributed by atoms with Crippen molar-refractivity contribution in [2.45, 2.75) is 30.3 Å². The third kappa shape index (κ3) is 14.7. The molecule has 2 fully saturated rings. The fourth-order valence-electron chi connectivity index (χ4n) is 1.32. The van der Waals surface area contributed by atoms with Gasteiger partial charge in [-0.05, 0) is 0 Å². The van der Waals surface area contributed by atoms with Gasteiger partial charge in [-0.15, -0.1) is 0 Å². The molecule has 19 heteroatoms. The van der Waals surface area contributed by atoms with Gasteiger partial charge in [0.2, 0.25) is 0 Å². The number of hydrogen-bond donors (Lipinski definition) is 2. The topological polar surface area (TPSA) is 221 Å². The summed E-state index contributed by atoms with van der Waals surface area (Å²) >= 11 is 0.859. The molecule has 0 radical (unpaired) electrons. The zero-order valence-electron chi connectivity index (χ0n) is 15.1. The normalized spacial score (nSPS) is 19.8. The van der Waals surface area contributed by atoms with Crippen molar-refractivity contribution in [3.63, 3.8) is 0 Å². The second-order valence-corrected chi connectivity index (χ2v) is 6.00. The molecule has 2 aliphatic heterocycles. The van der Waals surface area contributed by atoms with E-state index in [2.05, 4.69) is 23.5 Å². The molecule has 2 unspecified atom stereocenters. The summed E-state index contributed by atoms with van der Waals surface area (Å²) < 4.78 is 11.8. The Morgan fingerprint density at radius 2 is 1.52 bits per heavy atom. The van der Waals surface area contributed by atoms with Crippen LogP contribution in [0.2, 0.25) is 0 Å². The van der Waals surface area contributed by atoms with Crippen molar-refractivity contribution >= 4 is 53.8 Å². The fourth-order valence-corrected chi connectivity index (χ4v) is 2.30. The molecule has 0 aromatic heterocycles.